The van der Waals surface area contributed by atoms with Crippen molar-refractivity contribution in [2.24, 2.45) is 5.73 Å². The highest BCUT2D eigenvalue weighted by Crippen LogP contribution is 2.60. The molecular formula is C25H25N. The van der Waals surface area contributed by atoms with E-state index in [0.29, 0.717) is 12.5 Å². The van der Waals surface area contributed by atoms with Crippen LogP contribution in [0.25, 0.3) is 0 Å². The first-order valence-corrected chi connectivity index (χ1v) is 9.53. The smallest absolute Gasteiger partial charge is 0.0585 e. The summed E-state index contributed by atoms with van der Waals surface area (Å²) in [5.41, 5.74) is 16.4. The lowest BCUT2D eigenvalue weighted by atomic mass is 9.51. The van der Waals surface area contributed by atoms with Crippen LogP contribution in [0, 0.1) is 0 Å². The minimum atomic E-state index is -0.249. The molecule has 0 fully saturated rings. The van der Waals surface area contributed by atoms with E-state index in [1.807, 2.05) is 0 Å². The molecule has 0 heterocycles. The third-order valence-corrected chi connectivity index (χ3v) is 6.41. The first kappa shape index (κ1) is 15.8. The molecule has 6 rings (SSSR count). The van der Waals surface area contributed by atoms with Gasteiger partial charge in [0, 0.05) is 12.5 Å². The Hall–Kier alpha value is -2.38. The number of hydrogen-bond donors (Lipinski definition) is 1. The molecule has 0 atom stereocenters. The Balaban J connectivity index is 1.99. The van der Waals surface area contributed by atoms with Crippen molar-refractivity contribution >= 4 is 0 Å². The summed E-state index contributed by atoms with van der Waals surface area (Å²) in [4.78, 5) is 0. The van der Waals surface area contributed by atoms with E-state index in [9.17, 15) is 0 Å². The maximum absolute atomic E-state index is 6.63. The number of hydrogen-bond acceptors (Lipinski definition) is 1. The molecule has 1 heteroatoms. The fourth-order valence-electron chi connectivity index (χ4n) is 5.43. The third-order valence-electron chi connectivity index (χ3n) is 6.41. The number of rotatable bonds is 1. The van der Waals surface area contributed by atoms with Crippen LogP contribution in [-0.4, -0.2) is 6.54 Å². The number of nitrogens with two attached hydrogens (primary N) is 1. The first-order valence-electron chi connectivity index (χ1n) is 9.53. The molecule has 0 aromatic heterocycles. The van der Waals surface area contributed by atoms with Crippen LogP contribution in [0.1, 0.15) is 65.6 Å². The van der Waals surface area contributed by atoms with Gasteiger partial charge in [-0.1, -0.05) is 87.5 Å². The third kappa shape index (κ3) is 1.74. The summed E-state index contributed by atoms with van der Waals surface area (Å²) in [7, 11) is 0. The Morgan fingerprint density at radius 2 is 1.31 bits per heavy atom. The van der Waals surface area contributed by atoms with Crippen LogP contribution in [0.2, 0.25) is 0 Å². The molecule has 3 aliphatic rings. The highest BCUT2D eigenvalue weighted by atomic mass is 14.7. The average molecular weight is 339 g/mol. The van der Waals surface area contributed by atoms with Gasteiger partial charge in [0.05, 0.1) is 5.41 Å². The van der Waals surface area contributed by atoms with Gasteiger partial charge in [0.1, 0.15) is 0 Å². The van der Waals surface area contributed by atoms with Gasteiger partial charge in [0.25, 0.3) is 0 Å². The van der Waals surface area contributed by atoms with Gasteiger partial charge in [0.15, 0.2) is 0 Å². The van der Waals surface area contributed by atoms with Crippen molar-refractivity contribution in [3.05, 3.63) is 106 Å². The Morgan fingerprint density at radius 3 is 1.85 bits per heavy atom. The zero-order valence-corrected chi connectivity index (χ0v) is 15.7. The standard InChI is InChI=1S/C25H25N/c1-24(2,3)21-14-8-11-18-22-16-9-4-6-12-19(16)25(15-26,23(18)21)20-13-7-5-10-17(20)22/h4-14,22H,15,26H2,1-3H3. The second kappa shape index (κ2) is 5.08. The minimum absolute atomic E-state index is 0.0783. The van der Waals surface area contributed by atoms with E-state index in [-0.39, 0.29) is 10.8 Å². The van der Waals surface area contributed by atoms with Crippen LogP contribution in [0.3, 0.4) is 0 Å². The van der Waals surface area contributed by atoms with Crippen molar-refractivity contribution in [3.63, 3.8) is 0 Å². The summed E-state index contributed by atoms with van der Waals surface area (Å²) in [6, 6.07) is 24.7. The predicted molar refractivity (Wildman–Crippen MR) is 108 cm³/mol. The molecule has 0 aliphatic heterocycles. The molecule has 3 aliphatic carbocycles. The van der Waals surface area contributed by atoms with E-state index in [1.54, 1.807) is 0 Å². The lowest BCUT2D eigenvalue weighted by molar-refractivity contribution is 0.512. The van der Waals surface area contributed by atoms with Crippen molar-refractivity contribution in [1.29, 1.82) is 0 Å². The fourth-order valence-corrected chi connectivity index (χ4v) is 5.43. The van der Waals surface area contributed by atoms with E-state index in [4.69, 9.17) is 5.73 Å². The van der Waals surface area contributed by atoms with Crippen molar-refractivity contribution in [2.45, 2.75) is 37.5 Å². The topological polar surface area (TPSA) is 26.0 Å². The summed E-state index contributed by atoms with van der Waals surface area (Å²) in [6.07, 6.45) is 0. The van der Waals surface area contributed by atoms with Gasteiger partial charge >= 0.3 is 0 Å². The second-order valence-corrected chi connectivity index (χ2v) is 8.74. The molecule has 2 N–H and O–H groups in total. The summed E-state index contributed by atoms with van der Waals surface area (Å²) >= 11 is 0. The van der Waals surface area contributed by atoms with E-state index in [1.165, 1.54) is 38.9 Å². The van der Waals surface area contributed by atoms with Crippen LogP contribution in [0.5, 0.6) is 0 Å². The van der Waals surface area contributed by atoms with Crippen LogP contribution in [-0.2, 0) is 10.8 Å². The summed E-state index contributed by atoms with van der Waals surface area (Å²) in [5, 5.41) is 0. The van der Waals surface area contributed by atoms with E-state index in [2.05, 4.69) is 87.5 Å². The Labute approximate surface area is 155 Å². The van der Waals surface area contributed by atoms with Crippen LogP contribution in [0.4, 0.5) is 0 Å². The predicted octanol–water partition coefficient (Wildman–Crippen LogP) is 5.08. The molecule has 0 radical (unpaired) electrons. The fraction of sp³-hybridized carbons (Fsp3) is 0.280. The first-order chi connectivity index (χ1) is 12.5. The highest BCUT2D eigenvalue weighted by molar-refractivity contribution is 5.73. The van der Waals surface area contributed by atoms with E-state index >= 15 is 0 Å². The molecular weight excluding hydrogens is 314 g/mol. The zero-order chi connectivity index (χ0) is 18.1. The Morgan fingerprint density at radius 1 is 0.769 bits per heavy atom. The molecule has 0 saturated carbocycles. The quantitative estimate of drug-likeness (QED) is 0.657. The summed E-state index contributed by atoms with van der Waals surface area (Å²) < 4.78 is 0. The van der Waals surface area contributed by atoms with E-state index in [0.717, 1.165) is 0 Å². The highest BCUT2D eigenvalue weighted by Gasteiger charge is 2.52. The van der Waals surface area contributed by atoms with Crippen molar-refractivity contribution in [3.8, 4) is 0 Å². The van der Waals surface area contributed by atoms with Gasteiger partial charge < -0.3 is 5.73 Å². The molecule has 0 amide bonds. The van der Waals surface area contributed by atoms with Crippen molar-refractivity contribution in [1.82, 2.24) is 0 Å². The van der Waals surface area contributed by atoms with E-state index < -0.39 is 0 Å². The van der Waals surface area contributed by atoms with Gasteiger partial charge in [0.2, 0.25) is 0 Å². The van der Waals surface area contributed by atoms with Crippen LogP contribution >= 0.6 is 0 Å². The van der Waals surface area contributed by atoms with Crippen molar-refractivity contribution < 1.29 is 0 Å². The van der Waals surface area contributed by atoms with Gasteiger partial charge in [-0.15, -0.1) is 0 Å². The largest absolute Gasteiger partial charge is 0.329 e. The van der Waals surface area contributed by atoms with Gasteiger partial charge in [-0.25, -0.2) is 0 Å². The second-order valence-electron chi connectivity index (χ2n) is 8.74. The van der Waals surface area contributed by atoms with Crippen LogP contribution in [0.15, 0.2) is 66.7 Å². The monoisotopic (exact) mass is 339 g/mol. The van der Waals surface area contributed by atoms with Crippen molar-refractivity contribution in [2.75, 3.05) is 6.54 Å². The summed E-state index contributed by atoms with van der Waals surface area (Å²) in [5.74, 6) is 0.313. The zero-order valence-electron chi connectivity index (χ0n) is 15.7. The molecule has 0 spiro atoms. The molecule has 130 valence electrons. The van der Waals surface area contributed by atoms with Gasteiger partial charge in [-0.05, 0) is 44.4 Å². The normalized spacial score (nSPS) is 22.5. The SMILES string of the molecule is CC(C)(C)c1cccc2c1C1(CN)c3ccccc3C2c2ccccc21. The molecule has 26 heavy (non-hydrogen) atoms. The molecule has 1 nitrogen and oxygen atoms in total. The maximum atomic E-state index is 6.63. The minimum Gasteiger partial charge on any atom is -0.329 e. The van der Waals surface area contributed by atoms with Crippen LogP contribution < -0.4 is 5.73 Å². The molecule has 0 unspecified atom stereocenters. The molecule has 3 aromatic carbocycles. The molecule has 3 aromatic rings. The molecule has 0 saturated heterocycles. The average Bonchev–Trinajstić information content (AvgIpc) is 2.66. The number of benzene rings is 3. The van der Waals surface area contributed by atoms with Gasteiger partial charge in [-0.3, -0.25) is 0 Å². The Kier molecular flexibility index (Phi) is 3.10. The Bertz CT molecular complexity index is 975. The lowest BCUT2D eigenvalue weighted by Gasteiger charge is -2.52. The summed E-state index contributed by atoms with van der Waals surface area (Å²) in [6.45, 7) is 7.53. The maximum Gasteiger partial charge on any atom is 0.0585 e. The lowest BCUT2D eigenvalue weighted by Crippen LogP contribution is -2.48. The molecule has 2 bridgehead atoms. The van der Waals surface area contributed by atoms with Gasteiger partial charge in [-0.2, -0.15) is 0 Å².